The normalized spacial score (nSPS) is 31.2. The van der Waals surface area contributed by atoms with Crippen LogP contribution in [0.2, 0.25) is 0 Å². The molecule has 0 radical (unpaired) electrons. The standard InChI is InChI=1S/C22H31N5O/c23-21-16-4-3-5-17(21)13-18(12-16)22(28)26-10-8-25(9-11-26)14-19-15-27-7-2-1-6-20(27)24-19/h1-2,6-7,15-18,21H,3-5,8-14,23H2. The summed E-state index contributed by atoms with van der Waals surface area (Å²) >= 11 is 0. The number of piperazine rings is 1. The molecule has 6 heteroatoms. The fourth-order valence-corrected chi connectivity index (χ4v) is 5.67. The van der Waals surface area contributed by atoms with E-state index in [0.717, 1.165) is 56.9 Å². The summed E-state index contributed by atoms with van der Waals surface area (Å²) in [5.74, 6) is 1.73. The first-order valence-electron chi connectivity index (χ1n) is 10.9. The minimum absolute atomic E-state index is 0.208. The predicted molar refractivity (Wildman–Crippen MR) is 109 cm³/mol. The quantitative estimate of drug-likeness (QED) is 0.885. The second kappa shape index (κ2) is 7.48. The number of aromatic nitrogens is 2. The summed E-state index contributed by atoms with van der Waals surface area (Å²) in [4.78, 5) is 22.3. The monoisotopic (exact) mass is 381 g/mol. The Labute approximate surface area is 166 Å². The van der Waals surface area contributed by atoms with Gasteiger partial charge in [-0.25, -0.2) is 4.98 Å². The van der Waals surface area contributed by atoms with Crippen LogP contribution in [-0.2, 0) is 11.3 Å². The lowest BCUT2D eigenvalue weighted by atomic mass is 9.65. The zero-order chi connectivity index (χ0) is 19.1. The predicted octanol–water partition coefficient (Wildman–Crippen LogP) is 2.13. The van der Waals surface area contributed by atoms with Crippen LogP contribution in [0.25, 0.3) is 5.65 Å². The van der Waals surface area contributed by atoms with Crippen LogP contribution in [0.1, 0.15) is 37.8 Å². The van der Waals surface area contributed by atoms with Gasteiger partial charge in [-0.3, -0.25) is 9.69 Å². The van der Waals surface area contributed by atoms with Crippen LogP contribution < -0.4 is 5.73 Å². The first-order valence-corrected chi connectivity index (χ1v) is 10.9. The number of pyridine rings is 1. The summed E-state index contributed by atoms with van der Waals surface area (Å²) < 4.78 is 2.07. The summed E-state index contributed by atoms with van der Waals surface area (Å²) in [5.41, 5.74) is 8.50. The van der Waals surface area contributed by atoms with Crippen LogP contribution in [0.3, 0.4) is 0 Å². The molecule has 3 fully saturated rings. The number of fused-ring (bicyclic) bond motifs is 3. The third kappa shape index (κ3) is 3.44. The molecule has 2 aliphatic carbocycles. The van der Waals surface area contributed by atoms with Crippen LogP contribution >= 0.6 is 0 Å². The Morgan fingerprint density at radius 3 is 2.57 bits per heavy atom. The first kappa shape index (κ1) is 18.1. The molecule has 28 heavy (non-hydrogen) atoms. The topological polar surface area (TPSA) is 66.9 Å². The fraction of sp³-hybridized carbons (Fsp3) is 0.636. The molecule has 150 valence electrons. The Morgan fingerprint density at radius 1 is 1.11 bits per heavy atom. The molecule has 1 aliphatic heterocycles. The van der Waals surface area contributed by atoms with Crippen LogP contribution in [0, 0.1) is 17.8 Å². The number of amides is 1. The molecule has 2 unspecified atom stereocenters. The van der Waals surface area contributed by atoms with Crippen LogP contribution in [0.5, 0.6) is 0 Å². The van der Waals surface area contributed by atoms with Crippen molar-refractivity contribution in [3.63, 3.8) is 0 Å². The van der Waals surface area contributed by atoms with E-state index in [1.807, 2.05) is 24.4 Å². The molecule has 1 amide bonds. The Balaban J connectivity index is 1.16. The van der Waals surface area contributed by atoms with Gasteiger partial charge in [0.2, 0.25) is 5.91 Å². The van der Waals surface area contributed by atoms with Gasteiger partial charge in [0.05, 0.1) is 5.69 Å². The SMILES string of the molecule is NC1C2CCCC1CC(C(=O)N1CCN(Cc3cn4ccccc4n3)CC1)C2. The number of nitrogens with zero attached hydrogens (tertiary/aromatic N) is 4. The Bertz CT molecular complexity index is 793. The highest BCUT2D eigenvalue weighted by Crippen LogP contribution is 2.42. The van der Waals surface area contributed by atoms with Crippen molar-refractivity contribution in [2.24, 2.45) is 23.5 Å². The van der Waals surface area contributed by atoms with E-state index in [-0.39, 0.29) is 5.92 Å². The highest BCUT2D eigenvalue weighted by molar-refractivity contribution is 5.79. The number of carbonyl (C=O) groups is 1. The van der Waals surface area contributed by atoms with Crippen molar-refractivity contribution < 1.29 is 4.79 Å². The first-order chi connectivity index (χ1) is 13.7. The van der Waals surface area contributed by atoms with Crippen molar-refractivity contribution in [1.29, 1.82) is 0 Å². The van der Waals surface area contributed by atoms with E-state index in [1.54, 1.807) is 0 Å². The summed E-state index contributed by atoms with van der Waals surface area (Å²) in [6.07, 6.45) is 9.90. The second-order valence-corrected chi connectivity index (χ2v) is 9.00. The minimum Gasteiger partial charge on any atom is -0.340 e. The minimum atomic E-state index is 0.208. The van der Waals surface area contributed by atoms with E-state index < -0.39 is 0 Å². The lowest BCUT2D eigenvalue weighted by Gasteiger charge is -2.45. The molecule has 2 aromatic rings. The van der Waals surface area contributed by atoms with Gasteiger partial charge in [0.15, 0.2) is 0 Å². The molecule has 1 saturated heterocycles. The van der Waals surface area contributed by atoms with Gasteiger partial charge in [-0.15, -0.1) is 0 Å². The Kier molecular flexibility index (Phi) is 4.85. The molecule has 2 bridgehead atoms. The van der Waals surface area contributed by atoms with Gasteiger partial charge in [0.1, 0.15) is 5.65 Å². The zero-order valence-electron chi connectivity index (χ0n) is 16.5. The van der Waals surface area contributed by atoms with Crippen molar-refractivity contribution >= 4 is 11.6 Å². The van der Waals surface area contributed by atoms with E-state index in [2.05, 4.69) is 20.4 Å². The Morgan fingerprint density at radius 2 is 1.86 bits per heavy atom. The van der Waals surface area contributed by atoms with Crippen molar-refractivity contribution in [2.45, 2.75) is 44.7 Å². The number of hydrogen-bond donors (Lipinski definition) is 1. The van der Waals surface area contributed by atoms with Crippen LogP contribution in [0.15, 0.2) is 30.6 Å². The maximum absolute atomic E-state index is 13.1. The molecule has 3 heterocycles. The van der Waals surface area contributed by atoms with Gasteiger partial charge >= 0.3 is 0 Å². The highest BCUT2D eigenvalue weighted by Gasteiger charge is 2.41. The van der Waals surface area contributed by atoms with Gasteiger partial charge in [0, 0.05) is 57.1 Å². The van der Waals surface area contributed by atoms with E-state index in [4.69, 9.17) is 10.7 Å². The van der Waals surface area contributed by atoms with E-state index in [0.29, 0.717) is 23.8 Å². The van der Waals surface area contributed by atoms with Crippen molar-refractivity contribution in [1.82, 2.24) is 19.2 Å². The highest BCUT2D eigenvalue weighted by atomic mass is 16.2. The zero-order valence-corrected chi connectivity index (χ0v) is 16.5. The molecular formula is C22H31N5O. The number of nitrogens with two attached hydrogens (primary N) is 1. The molecule has 0 spiro atoms. The lowest BCUT2D eigenvalue weighted by molar-refractivity contribution is -0.140. The number of imidazole rings is 1. The van der Waals surface area contributed by atoms with Crippen LogP contribution in [0.4, 0.5) is 0 Å². The third-order valence-corrected chi connectivity index (χ3v) is 7.25. The molecule has 2 aromatic heterocycles. The molecular weight excluding hydrogens is 350 g/mol. The lowest BCUT2D eigenvalue weighted by Crippen LogP contribution is -2.53. The number of carbonyl (C=O) groups excluding carboxylic acids is 1. The van der Waals surface area contributed by atoms with E-state index in [1.165, 1.54) is 19.3 Å². The van der Waals surface area contributed by atoms with Gasteiger partial charge in [-0.2, -0.15) is 0 Å². The average molecular weight is 382 g/mol. The largest absolute Gasteiger partial charge is 0.340 e. The van der Waals surface area contributed by atoms with Crippen molar-refractivity contribution in [3.8, 4) is 0 Å². The summed E-state index contributed by atoms with van der Waals surface area (Å²) in [6.45, 7) is 4.39. The summed E-state index contributed by atoms with van der Waals surface area (Å²) in [5, 5.41) is 0. The average Bonchev–Trinajstić information content (AvgIpc) is 3.10. The second-order valence-electron chi connectivity index (χ2n) is 9.00. The molecule has 5 rings (SSSR count). The molecule has 2 atom stereocenters. The molecule has 6 nitrogen and oxygen atoms in total. The molecule has 2 N–H and O–H groups in total. The maximum atomic E-state index is 13.1. The van der Waals surface area contributed by atoms with Crippen molar-refractivity contribution in [2.75, 3.05) is 26.2 Å². The number of rotatable bonds is 3. The molecule has 0 aromatic carbocycles. The van der Waals surface area contributed by atoms with Crippen LogP contribution in [-0.4, -0.2) is 57.3 Å². The molecule has 2 saturated carbocycles. The summed E-state index contributed by atoms with van der Waals surface area (Å²) in [6, 6.07) is 6.41. The van der Waals surface area contributed by atoms with Gasteiger partial charge in [-0.05, 0) is 49.7 Å². The van der Waals surface area contributed by atoms with Crippen molar-refractivity contribution in [3.05, 3.63) is 36.3 Å². The third-order valence-electron chi connectivity index (χ3n) is 7.25. The smallest absolute Gasteiger partial charge is 0.225 e. The fourth-order valence-electron chi connectivity index (χ4n) is 5.67. The summed E-state index contributed by atoms with van der Waals surface area (Å²) in [7, 11) is 0. The molecule has 3 aliphatic rings. The van der Waals surface area contributed by atoms with E-state index in [9.17, 15) is 4.79 Å². The number of hydrogen-bond acceptors (Lipinski definition) is 4. The van der Waals surface area contributed by atoms with Gasteiger partial charge < -0.3 is 15.0 Å². The van der Waals surface area contributed by atoms with Gasteiger partial charge in [-0.1, -0.05) is 12.5 Å². The maximum Gasteiger partial charge on any atom is 0.225 e. The van der Waals surface area contributed by atoms with E-state index >= 15 is 0 Å². The van der Waals surface area contributed by atoms with Gasteiger partial charge in [0.25, 0.3) is 0 Å². The Hall–Kier alpha value is -1.92.